The van der Waals surface area contributed by atoms with Crippen molar-refractivity contribution < 1.29 is 0 Å². The molecule has 4 rings (SSSR count). The van der Waals surface area contributed by atoms with Gasteiger partial charge in [-0.2, -0.15) is 0 Å². The molecular weight excluding hydrogens is 530 g/mol. The standard InChI is InChI=1S/C9H13N.C9H12.2C8H12.4C2H6.CH4/c1-9(2,3)8-5-4-6-10-7-8;1-8(2)9-6-4-3-5-7-9;2*1-7(2)8-5-3-4-6-8;4*1-2;/h4-7H,1-3H3;3-8H,1-2H3;3,5-7H,4H2,1-2H3;3-5,7H,6H2,1-2H3;4*1-2H3;1H4. The Balaban J connectivity index is -0.000000142. The first-order valence-corrected chi connectivity index (χ1v) is 17.2. The van der Waals surface area contributed by atoms with E-state index in [4.69, 9.17) is 0 Å². The van der Waals surface area contributed by atoms with E-state index in [1.165, 1.54) is 23.1 Å². The predicted molar refractivity (Wildman–Crippen MR) is 209 cm³/mol. The summed E-state index contributed by atoms with van der Waals surface area (Å²) >= 11 is 0. The van der Waals surface area contributed by atoms with Gasteiger partial charge in [-0.25, -0.2) is 0 Å². The van der Waals surface area contributed by atoms with Crippen molar-refractivity contribution in [3.63, 3.8) is 0 Å². The van der Waals surface area contributed by atoms with Crippen LogP contribution in [0.2, 0.25) is 0 Å². The van der Waals surface area contributed by atoms with E-state index in [0.29, 0.717) is 11.8 Å². The third kappa shape index (κ3) is 28.1. The third-order valence-corrected chi connectivity index (χ3v) is 6.00. The fourth-order valence-electron chi connectivity index (χ4n) is 3.44. The van der Waals surface area contributed by atoms with E-state index in [9.17, 15) is 0 Å². The summed E-state index contributed by atoms with van der Waals surface area (Å²) in [6.07, 6.45) is 19.3. The average molecular weight is 608 g/mol. The SMILES string of the molecule is C.CC.CC.CC.CC.CC(C)(C)c1cccnc1.CC(C)C1=CC=CC1.CC(C)C1=CCC=C1.CC(C)c1ccccc1. The Bertz CT molecular complexity index is 933. The summed E-state index contributed by atoms with van der Waals surface area (Å²) in [6.45, 7) is 35.9. The van der Waals surface area contributed by atoms with E-state index >= 15 is 0 Å². The van der Waals surface area contributed by atoms with Crippen LogP contribution in [0.1, 0.15) is 155 Å². The van der Waals surface area contributed by atoms with E-state index in [2.05, 4.69) is 134 Å². The van der Waals surface area contributed by atoms with Crippen molar-refractivity contribution in [3.05, 3.63) is 114 Å². The second-order valence-electron chi connectivity index (χ2n) is 11.1. The summed E-state index contributed by atoms with van der Waals surface area (Å²) in [5, 5.41) is 0. The van der Waals surface area contributed by atoms with Crippen LogP contribution in [0.4, 0.5) is 0 Å². The van der Waals surface area contributed by atoms with E-state index in [-0.39, 0.29) is 12.8 Å². The molecule has 0 bridgehead atoms. The van der Waals surface area contributed by atoms with Gasteiger partial charge in [-0.3, -0.25) is 4.98 Å². The minimum Gasteiger partial charge on any atom is -0.264 e. The van der Waals surface area contributed by atoms with Crippen molar-refractivity contribution in [2.75, 3.05) is 0 Å². The van der Waals surface area contributed by atoms with Crippen LogP contribution in [-0.2, 0) is 5.41 Å². The maximum atomic E-state index is 4.05. The van der Waals surface area contributed by atoms with Crippen LogP contribution in [-0.4, -0.2) is 4.98 Å². The zero-order chi connectivity index (χ0) is 34.3. The van der Waals surface area contributed by atoms with Gasteiger partial charge in [-0.15, -0.1) is 0 Å². The number of nitrogens with zero attached hydrogens (tertiary/aromatic N) is 1. The lowest BCUT2D eigenvalue weighted by Gasteiger charge is -2.17. The van der Waals surface area contributed by atoms with Crippen molar-refractivity contribution in [1.82, 2.24) is 4.98 Å². The maximum Gasteiger partial charge on any atom is 0.0305 e. The predicted octanol–water partition coefficient (Wildman–Crippen LogP) is 15.0. The Morgan fingerprint density at radius 1 is 0.659 bits per heavy atom. The van der Waals surface area contributed by atoms with Crippen molar-refractivity contribution in [1.29, 1.82) is 0 Å². The van der Waals surface area contributed by atoms with E-state index in [1.54, 1.807) is 11.8 Å². The molecule has 0 unspecified atom stereocenters. The van der Waals surface area contributed by atoms with Crippen molar-refractivity contribution >= 4 is 0 Å². The maximum absolute atomic E-state index is 4.05. The fourth-order valence-corrected chi connectivity index (χ4v) is 3.44. The summed E-state index contributed by atoms with van der Waals surface area (Å²) in [6, 6.07) is 14.6. The van der Waals surface area contributed by atoms with Crippen LogP contribution >= 0.6 is 0 Å². The molecule has 0 amide bonds. The number of allylic oxidation sites excluding steroid dienone is 8. The fraction of sp³-hybridized carbons (Fsp3) is 0.558. The summed E-state index contributed by atoms with van der Waals surface area (Å²) < 4.78 is 0. The highest BCUT2D eigenvalue weighted by molar-refractivity contribution is 5.27. The Labute approximate surface area is 279 Å². The normalized spacial score (nSPS) is 11.6. The quantitative estimate of drug-likeness (QED) is 0.338. The summed E-state index contributed by atoms with van der Waals surface area (Å²) in [7, 11) is 0. The number of benzene rings is 1. The number of aromatic nitrogens is 1. The second-order valence-corrected chi connectivity index (χ2v) is 11.1. The topological polar surface area (TPSA) is 12.9 Å². The van der Waals surface area contributed by atoms with Crippen molar-refractivity contribution in [2.24, 2.45) is 11.8 Å². The third-order valence-electron chi connectivity index (χ3n) is 6.00. The largest absolute Gasteiger partial charge is 0.264 e. The molecule has 0 aliphatic heterocycles. The molecule has 0 fully saturated rings. The van der Waals surface area contributed by atoms with Crippen LogP contribution in [0.5, 0.6) is 0 Å². The Morgan fingerprint density at radius 3 is 1.43 bits per heavy atom. The van der Waals surface area contributed by atoms with Crippen molar-refractivity contribution in [2.45, 2.75) is 149 Å². The highest BCUT2D eigenvalue weighted by Crippen LogP contribution is 2.20. The lowest BCUT2D eigenvalue weighted by molar-refractivity contribution is 0.587. The number of rotatable bonds is 3. The van der Waals surface area contributed by atoms with Crippen LogP contribution in [0.3, 0.4) is 0 Å². The van der Waals surface area contributed by atoms with Gasteiger partial charge >= 0.3 is 0 Å². The molecule has 1 aromatic carbocycles. The van der Waals surface area contributed by atoms with Gasteiger partial charge in [-0.1, -0.05) is 204 Å². The minimum atomic E-state index is 0. The molecule has 1 heteroatoms. The van der Waals surface area contributed by atoms with Gasteiger partial charge in [-0.05, 0) is 58.8 Å². The molecule has 1 heterocycles. The monoisotopic (exact) mass is 608 g/mol. The van der Waals surface area contributed by atoms with Gasteiger partial charge in [0, 0.05) is 12.4 Å². The molecule has 44 heavy (non-hydrogen) atoms. The Hall–Kier alpha value is -2.67. The van der Waals surface area contributed by atoms with Crippen LogP contribution in [0, 0.1) is 11.8 Å². The number of pyridine rings is 1. The highest BCUT2D eigenvalue weighted by Gasteiger charge is 2.12. The Kier molecular flexibility index (Phi) is 40.3. The number of hydrogen-bond acceptors (Lipinski definition) is 1. The van der Waals surface area contributed by atoms with Gasteiger partial charge in [0.25, 0.3) is 0 Å². The van der Waals surface area contributed by atoms with Crippen LogP contribution in [0.25, 0.3) is 0 Å². The molecule has 2 aliphatic carbocycles. The number of hydrogen-bond donors (Lipinski definition) is 0. The Morgan fingerprint density at radius 2 is 1.20 bits per heavy atom. The molecule has 1 nitrogen and oxygen atoms in total. The molecule has 2 aliphatic rings. The van der Waals surface area contributed by atoms with Gasteiger partial charge in [0.05, 0.1) is 0 Å². The lowest BCUT2D eigenvalue weighted by atomic mass is 9.88. The second kappa shape index (κ2) is 34.8. The van der Waals surface area contributed by atoms with Crippen molar-refractivity contribution in [3.8, 4) is 0 Å². The molecular formula is C43H77N. The molecule has 0 saturated heterocycles. The summed E-state index contributed by atoms with van der Waals surface area (Å²) in [5.74, 6) is 2.12. The molecule has 0 radical (unpaired) electrons. The lowest BCUT2D eigenvalue weighted by Crippen LogP contribution is -2.10. The highest BCUT2D eigenvalue weighted by atomic mass is 14.6. The first kappa shape index (κ1) is 50.9. The molecule has 0 spiro atoms. The van der Waals surface area contributed by atoms with Gasteiger partial charge in [0.1, 0.15) is 0 Å². The van der Waals surface area contributed by atoms with E-state index in [1.807, 2.05) is 73.7 Å². The van der Waals surface area contributed by atoms with Crippen LogP contribution in [0.15, 0.2) is 102 Å². The van der Waals surface area contributed by atoms with E-state index < -0.39 is 0 Å². The summed E-state index contributed by atoms with van der Waals surface area (Å²) in [5.41, 5.74) is 5.98. The van der Waals surface area contributed by atoms with Gasteiger partial charge in [0.15, 0.2) is 0 Å². The molecule has 0 atom stereocenters. The molecule has 254 valence electrons. The minimum absolute atomic E-state index is 0. The molecule has 0 saturated carbocycles. The molecule has 1 aromatic heterocycles. The molecule has 2 aromatic rings. The first-order valence-electron chi connectivity index (χ1n) is 17.2. The molecule has 0 N–H and O–H groups in total. The smallest absolute Gasteiger partial charge is 0.0305 e. The van der Waals surface area contributed by atoms with Gasteiger partial charge in [0.2, 0.25) is 0 Å². The van der Waals surface area contributed by atoms with Gasteiger partial charge < -0.3 is 0 Å². The van der Waals surface area contributed by atoms with E-state index in [0.717, 1.165) is 12.3 Å². The zero-order valence-electron chi connectivity index (χ0n) is 31.8. The zero-order valence-corrected chi connectivity index (χ0v) is 31.8. The van der Waals surface area contributed by atoms with Crippen LogP contribution < -0.4 is 0 Å². The summed E-state index contributed by atoms with van der Waals surface area (Å²) in [4.78, 5) is 4.05. The first-order chi connectivity index (χ1) is 20.5. The average Bonchev–Trinajstić information content (AvgIpc) is 3.79.